The molecule has 36 heavy (non-hydrogen) atoms. The lowest BCUT2D eigenvalue weighted by molar-refractivity contribution is -0.200. The lowest BCUT2D eigenvalue weighted by Gasteiger charge is -2.59. The molecule has 4 saturated carbocycles. The molecule has 0 amide bonds. The first-order valence-electron chi connectivity index (χ1n) is 12.2. The van der Waals surface area contributed by atoms with Crippen LogP contribution in [-0.2, 0) is 14.3 Å². The molecule has 190 valence electrons. The number of rotatable bonds is 5. The molecule has 6 rings (SSSR count). The van der Waals surface area contributed by atoms with Crippen LogP contribution in [0.1, 0.15) is 55.7 Å². The van der Waals surface area contributed by atoms with E-state index < -0.39 is 24.2 Å². The molecule has 0 radical (unpaired) electrons. The van der Waals surface area contributed by atoms with E-state index in [1.54, 1.807) is 12.1 Å². The number of aromatic hydroxyl groups is 1. The second kappa shape index (κ2) is 9.07. The molecule has 4 aliphatic carbocycles. The molecule has 2 aromatic rings. The van der Waals surface area contributed by atoms with Gasteiger partial charge in [-0.05, 0) is 78.9 Å². The number of hydrogen-bond donors (Lipinski definition) is 2. The van der Waals surface area contributed by atoms with Crippen molar-refractivity contribution >= 4 is 18.0 Å². The molecule has 0 aromatic heterocycles. The summed E-state index contributed by atoms with van der Waals surface area (Å²) in [5.41, 5.74) is 9.03. The fourth-order valence-electron chi connectivity index (χ4n) is 7.15. The molecular formula is C28H28F3NO4. The summed E-state index contributed by atoms with van der Waals surface area (Å²) in [6.07, 6.45) is 3.31. The molecule has 0 saturated heterocycles. The number of halogens is 3. The molecule has 1 atom stereocenters. The van der Waals surface area contributed by atoms with Gasteiger partial charge in [0, 0.05) is 23.2 Å². The molecule has 3 N–H and O–H groups in total. The van der Waals surface area contributed by atoms with Gasteiger partial charge in [0.1, 0.15) is 5.75 Å². The fourth-order valence-corrected chi connectivity index (χ4v) is 7.15. The Morgan fingerprint density at radius 1 is 1.00 bits per heavy atom. The van der Waals surface area contributed by atoms with Gasteiger partial charge in [0.2, 0.25) is 0 Å². The quantitative estimate of drug-likeness (QED) is 0.303. The number of nitrogens with two attached hydrogens (primary N) is 1. The summed E-state index contributed by atoms with van der Waals surface area (Å²) in [6.45, 7) is 0. The van der Waals surface area contributed by atoms with E-state index in [0.717, 1.165) is 30.9 Å². The van der Waals surface area contributed by atoms with Crippen molar-refractivity contribution in [1.29, 1.82) is 0 Å². The topological polar surface area (TPSA) is 89.6 Å². The molecule has 0 heterocycles. The van der Waals surface area contributed by atoms with Gasteiger partial charge in [-0.2, -0.15) is 13.2 Å². The summed E-state index contributed by atoms with van der Waals surface area (Å²) >= 11 is 0. The lowest BCUT2D eigenvalue weighted by Crippen LogP contribution is -2.51. The molecule has 4 fully saturated rings. The predicted molar refractivity (Wildman–Crippen MR) is 127 cm³/mol. The Bertz CT molecular complexity index is 1170. The number of ether oxygens (including phenoxy) is 1. The standard InChI is InChI=1S/C28H28F3NO4/c29-28(30,31)26(35)36-22(33)9-7-20-6-8-21(19-4-2-1-3-5-19)24(34)23(20)25(32)27-13-16-10-17(14-27)12-18(11-16)15-27/h1-9,16-18,25,34H,10-15,32H2/b9-7+. The number of benzene rings is 2. The minimum absolute atomic E-state index is 0.00803. The van der Waals surface area contributed by atoms with Crippen molar-refractivity contribution < 1.29 is 32.6 Å². The molecule has 5 nitrogen and oxygen atoms in total. The normalized spacial score (nSPS) is 27.8. The minimum atomic E-state index is -5.27. The van der Waals surface area contributed by atoms with Crippen LogP contribution >= 0.6 is 0 Å². The van der Waals surface area contributed by atoms with Crippen LogP contribution in [-0.4, -0.2) is 23.2 Å². The van der Waals surface area contributed by atoms with E-state index in [1.807, 2.05) is 30.3 Å². The monoisotopic (exact) mass is 499 g/mol. The Labute approximate surface area is 207 Å². The summed E-state index contributed by atoms with van der Waals surface area (Å²) in [6, 6.07) is 12.2. The van der Waals surface area contributed by atoms with Gasteiger partial charge in [-0.15, -0.1) is 0 Å². The summed E-state index contributed by atoms with van der Waals surface area (Å²) in [5.74, 6) is -2.19. The van der Waals surface area contributed by atoms with E-state index in [4.69, 9.17) is 5.73 Å². The number of hydrogen-bond acceptors (Lipinski definition) is 5. The zero-order chi connectivity index (χ0) is 25.7. The summed E-state index contributed by atoms with van der Waals surface area (Å²) in [7, 11) is 0. The van der Waals surface area contributed by atoms with E-state index >= 15 is 0 Å². The number of phenolic OH excluding ortho intramolecular Hbond substituents is 1. The number of carbonyl (C=O) groups is 2. The van der Waals surface area contributed by atoms with E-state index in [2.05, 4.69) is 4.74 Å². The third-order valence-corrected chi connectivity index (χ3v) is 8.22. The largest absolute Gasteiger partial charge is 0.507 e. The van der Waals surface area contributed by atoms with Crippen molar-refractivity contribution in [3.8, 4) is 16.9 Å². The van der Waals surface area contributed by atoms with Crippen LogP contribution in [0.2, 0.25) is 0 Å². The third-order valence-electron chi connectivity index (χ3n) is 8.22. The minimum Gasteiger partial charge on any atom is -0.507 e. The van der Waals surface area contributed by atoms with Gasteiger partial charge in [-0.25, -0.2) is 9.59 Å². The smallest absolute Gasteiger partial charge is 0.491 e. The van der Waals surface area contributed by atoms with Crippen LogP contribution < -0.4 is 5.73 Å². The van der Waals surface area contributed by atoms with Gasteiger partial charge in [-0.3, -0.25) is 0 Å². The summed E-state index contributed by atoms with van der Waals surface area (Å²) in [5, 5.41) is 11.5. The van der Waals surface area contributed by atoms with Gasteiger partial charge in [0.05, 0.1) is 0 Å². The van der Waals surface area contributed by atoms with E-state index in [9.17, 15) is 27.9 Å². The Morgan fingerprint density at radius 3 is 2.14 bits per heavy atom. The van der Waals surface area contributed by atoms with Crippen molar-refractivity contribution in [3.63, 3.8) is 0 Å². The lowest BCUT2D eigenvalue weighted by atomic mass is 9.47. The Morgan fingerprint density at radius 2 is 1.58 bits per heavy atom. The van der Waals surface area contributed by atoms with E-state index in [-0.39, 0.29) is 11.2 Å². The zero-order valence-corrected chi connectivity index (χ0v) is 19.6. The Hall–Kier alpha value is -3.13. The first-order valence-corrected chi connectivity index (χ1v) is 12.2. The van der Waals surface area contributed by atoms with Crippen LogP contribution in [0.15, 0.2) is 48.5 Å². The van der Waals surface area contributed by atoms with Crippen LogP contribution in [0, 0.1) is 23.2 Å². The molecule has 4 bridgehead atoms. The van der Waals surface area contributed by atoms with Gasteiger partial charge in [0.15, 0.2) is 0 Å². The molecule has 8 heteroatoms. The van der Waals surface area contributed by atoms with Gasteiger partial charge < -0.3 is 15.6 Å². The fraction of sp³-hybridized carbons (Fsp3) is 0.429. The Balaban J connectivity index is 1.53. The molecule has 1 unspecified atom stereocenters. The highest BCUT2D eigenvalue weighted by atomic mass is 19.4. The second-order valence-electron chi connectivity index (χ2n) is 10.6. The van der Waals surface area contributed by atoms with Crippen LogP contribution in [0.5, 0.6) is 5.75 Å². The van der Waals surface area contributed by atoms with Crippen LogP contribution in [0.3, 0.4) is 0 Å². The highest BCUT2D eigenvalue weighted by Crippen LogP contribution is 2.64. The number of phenols is 1. The van der Waals surface area contributed by atoms with Gasteiger partial charge >= 0.3 is 18.1 Å². The van der Waals surface area contributed by atoms with Crippen LogP contribution in [0.4, 0.5) is 13.2 Å². The first kappa shape index (κ1) is 24.6. The van der Waals surface area contributed by atoms with Crippen molar-refractivity contribution in [2.75, 3.05) is 0 Å². The second-order valence-corrected chi connectivity index (χ2v) is 10.6. The maximum Gasteiger partial charge on any atom is 0.491 e. The highest BCUT2D eigenvalue weighted by Gasteiger charge is 2.54. The van der Waals surface area contributed by atoms with Crippen molar-refractivity contribution in [2.45, 2.75) is 50.7 Å². The molecule has 0 spiro atoms. The molecule has 2 aromatic carbocycles. The number of alkyl halides is 3. The average Bonchev–Trinajstić information content (AvgIpc) is 2.81. The first-order chi connectivity index (χ1) is 17.1. The molecule has 0 aliphatic heterocycles. The summed E-state index contributed by atoms with van der Waals surface area (Å²) in [4.78, 5) is 22.9. The highest BCUT2D eigenvalue weighted by molar-refractivity contribution is 5.96. The van der Waals surface area contributed by atoms with E-state index in [1.165, 1.54) is 25.3 Å². The third kappa shape index (κ3) is 4.54. The predicted octanol–water partition coefficient (Wildman–Crippen LogP) is 5.92. The maximum atomic E-state index is 12.5. The van der Waals surface area contributed by atoms with E-state index in [0.29, 0.717) is 34.4 Å². The Kier molecular flexibility index (Phi) is 6.19. The van der Waals surface area contributed by atoms with Crippen molar-refractivity contribution in [2.24, 2.45) is 28.9 Å². The SMILES string of the molecule is NC(c1c(/C=C/C(=O)OC(=O)C(F)(F)F)ccc(-c2ccccc2)c1O)C12CC3CC(CC(C3)C1)C2. The van der Waals surface area contributed by atoms with Crippen molar-refractivity contribution in [1.82, 2.24) is 0 Å². The van der Waals surface area contributed by atoms with Gasteiger partial charge in [-0.1, -0.05) is 42.5 Å². The molecular weight excluding hydrogens is 471 g/mol. The number of esters is 2. The molecule has 4 aliphatic rings. The zero-order valence-electron chi connectivity index (χ0n) is 19.6. The van der Waals surface area contributed by atoms with Gasteiger partial charge in [0.25, 0.3) is 0 Å². The van der Waals surface area contributed by atoms with Crippen molar-refractivity contribution in [3.05, 3.63) is 59.7 Å². The van der Waals surface area contributed by atoms with Crippen LogP contribution in [0.25, 0.3) is 17.2 Å². The number of carbonyl (C=O) groups excluding carboxylic acids is 2. The maximum absolute atomic E-state index is 12.5. The average molecular weight is 500 g/mol. The summed E-state index contributed by atoms with van der Waals surface area (Å²) < 4.78 is 41.3.